The van der Waals surface area contributed by atoms with E-state index in [1.165, 1.54) is 0 Å². The van der Waals surface area contributed by atoms with Crippen LogP contribution in [0.2, 0.25) is 5.02 Å². The van der Waals surface area contributed by atoms with Gasteiger partial charge in [0.05, 0.1) is 0 Å². The van der Waals surface area contributed by atoms with Crippen molar-refractivity contribution in [3.8, 4) is 0 Å². The van der Waals surface area contributed by atoms with Crippen LogP contribution in [-0.4, -0.2) is 21.6 Å². The Morgan fingerprint density at radius 1 is 1.24 bits per heavy atom. The summed E-state index contributed by atoms with van der Waals surface area (Å²) < 4.78 is 5.26. The summed E-state index contributed by atoms with van der Waals surface area (Å²) in [4.78, 5) is 11.9. The Kier molecular flexibility index (Phi) is 4.47. The van der Waals surface area contributed by atoms with Crippen molar-refractivity contribution in [2.24, 2.45) is 0 Å². The largest absolute Gasteiger partial charge is 0.399 e. The van der Waals surface area contributed by atoms with E-state index in [1.807, 2.05) is 32.9 Å². The molecule has 112 valence electrons. The molecule has 6 nitrogen and oxygen atoms in total. The maximum atomic E-state index is 11.9. The third-order valence-corrected chi connectivity index (χ3v) is 2.72. The molecule has 0 saturated heterocycles. The van der Waals surface area contributed by atoms with E-state index in [9.17, 15) is 4.79 Å². The number of halogens is 1. The number of carbonyl (C=O) groups is 1. The Hall–Kier alpha value is -2.08. The van der Waals surface area contributed by atoms with Crippen molar-refractivity contribution < 1.29 is 9.21 Å². The Morgan fingerprint density at radius 2 is 1.90 bits per heavy atom. The molecule has 0 spiro atoms. The van der Waals surface area contributed by atoms with Crippen LogP contribution in [-0.2, 0) is 6.54 Å². The van der Waals surface area contributed by atoms with Gasteiger partial charge in [-0.05, 0) is 38.5 Å². The molecule has 0 saturated carbocycles. The summed E-state index contributed by atoms with van der Waals surface area (Å²) in [6.07, 6.45) is 0. The first kappa shape index (κ1) is 15.3. The number of nitrogens with one attached hydrogen (secondary N) is 2. The fourth-order valence-corrected chi connectivity index (χ4v) is 1.67. The van der Waals surface area contributed by atoms with Crippen LogP contribution in [0.15, 0.2) is 28.7 Å². The van der Waals surface area contributed by atoms with Crippen molar-refractivity contribution in [2.75, 3.05) is 5.32 Å². The van der Waals surface area contributed by atoms with Gasteiger partial charge in [-0.15, -0.1) is 5.10 Å². The molecule has 2 aromatic rings. The second-order valence-corrected chi connectivity index (χ2v) is 6.03. The molecule has 0 bridgehead atoms. The summed E-state index contributed by atoms with van der Waals surface area (Å²) in [6.45, 7) is 6.23. The highest BCUT2D eigenvalue weighted by atomic mass is 35.5. The molecule has 0 aliphatic heterocycles. The quantitative estimate of drug-likeness (QED) is 0.908. The molecule has 0 aliphatic carbocycles. The molecule has 0 aliphatic rings. The van der Waals surface area contributed by atoms with E-state index < -0.39 is 5.91 Å². The number of benzene rings is 1. The molecular weight excluding hydrogens is 292 g/mol. The van der Waals surface area contributed by atoms with E-state index in [4.69, 9.17) is 16.0 Å². The van der Waals surface area contributed by atoms with Crippen LogP contribution in [0.4, 0.5) is 6.01 Å². The highest BCUT2D eigenvalue weighted by Crippen LogP contribution is 2.13. The molecule has 0 unspecified atom stereocenters. The Labute approximate surface area is 127 Å². The second kappa shape index (κ2) is 6.13. The van der Waals surface area contributed by atoms with Gasteiger partial charge in [0, 0.05) is 17.1 Å². The normalized spacial score (nSPS) is 11.2. The van der Waals surface area contributed by atoms with Crippen LogP contribution in [0.5, 0.6) is 0 Å². The average Bonchev–Trinajstić information content (AvgIpc) is 2.84. The van der Waals surface area contributed by atoms with Gasteiger partial charge in [0.15, 0.2) is 0 Å². The zero-order chi connectivity index (χ0) is 15.5. The van der Waals surface area contributed by atoms with Crippen molar-refractivity contribution in [1.29, 1.82) is 0 Å². The third-order valence-electron chi connectivity index (χ3n) is 2.47. The minimum atomic E-state index is -0.417. The number of amides is 1. The van der Waals surface area contributed by atoms with Crippen molar-refractivity contribution in [3.63, 3.8) is 0 Å². The average molecular weight is 309 g/mol. The first-order valence-electron chi connectivity index (χ1n) is 6.48. The molecule has 2 rings (SSSR count). The Morgan fingerprint density at radius 3 is 2.52 bits per heavy atom. The molecule has 7 heteroatoms. The van der Waals surface area contributed by atoms with Gasteiger partial charge < -0.3 is 15.1 Å². The predicted octanol–water partition coefficient (Wildman–Crippen LogP) is 2.86. The van der Waals surface area contributed by atoms with Gasteiger partial charge in [-0.2, -0.15) is 0 Å². The summed E-state index contributed by atoms with van der Waals surface area (Å²) in [7, 11) is 0. The zero-order valence-electron chi connectivity index (χ0n) is 12.1. The Bertz CT molecular complexity index is 617. The summed E-state index contributed by atoms with van der Waals surface area (Å²) in [6, 6.07) is 7.42. The monoisotopic (exact) mass is 308 g/mol. The van der Waals surface area contributed by atoms with Crippen LogP contribution in [0.3, 0.4) is 0 Å². The van der Waals surface area contributed by atoms with Gasteiger partial charge in [0.2, 0.25) is 0 Å². The molecule has 1 aromatic heterocycles. The predicted molar refractivity (Wildman–Crippen MR) is 80.3 cm³/mol. The minimum absolute atomic E-state index is 0.0734. The highest BCUT2D eigenvalue weighted by Gasteiger charge is 2.18. The summed E-state index contributed by atoms with van der Waals surface area (Å²) in [5.41, 5.74) is 0.712. The molecule has 21 heavy (non-hydrogen) atoms. The van der Waals surface area contributed by atoms with Crippen molar-refractivity contribution >= 4 is 23.5 Å². The van der Waals surface area contributed by atoms with Crippen molar-refractivity contribution in [2.45, 2.75) is 32.9 Å². The number of carbonyl (C=O) groups excluding carboxylic acids is 1. The minimum Gasteiger partial charge on any atom is -0.399 e. The standard InChI is InChI=1S/C14H17ClN4O2/c1-14(2,3)17-13-19-18-12(21-13)11(20)16-8-9-4-6-10(15)7-5-9/h4-7H,8H2,1-3H3,(H,16,20)(H,17,19). The lowest BCUT2D eigenvalue weighted by atomic mass is 10.1. The molecule has 1 aromatic carbocycles. The summed E-state index contributed by atoms with van der Waals surface area (Å²) in [5.74, 6) is -0.491. The molecule has 2 N–H and O–H groups in total. The third kappa shape index (κ3) is 4.75. The molecule has 1 heterocycles. The molecule has 0 radical (unpaired) electrons. The van der Waals surface area contributed by atoms with E-state index in [0.29, 0.717) is 11.6 Å². The van der Waals surface area contributed by atoms with E-state index in [1.54, 1.807) is 12.1 Å². The maximum Gasteiger partial charge on any atom is 0.316 e. The number of nitrogens with zero attached hydrogens (tertiary/aromatic N) is 2. The smallest absolute Gasteiger partial charge is 0.316 e. The van der Waals surface area contributed by atoms with Crippen LogP contribution in [0.1, 0.15) is 37.0 Å². The lowest BCUT2D eigenvalue weighted by molar-refractivity contribution is 0.0916. The number of hydrogen-bond acceptors (Lipinski definition) is 5. The van der Waals surface area contributed by atoms with Gasteiger partial charge >= 0.3 is 17.8 Å². The van der Waals surface area contributed by atoms with E-state index >= 15 is 0 Å². The van der Waals surface area contributed by atoms with Crippen molar-refractivity contribution in [1.82, 2.24) is 15.5 Å². The van der Waals surface area contributed by atoms with Crippen LogP contribution in [0.25, 0.3) is 0 Å². The lowest BCUT2D eigenvalue weighted by Crippen LogP contribution is -2.26. The first-order chi connectivity index (χ1) is 9.83. The molecular formula is C14H17ClN4O2. The van der Waals surface area contributed by atoms with Crippen molar-refractivity contribution in [3.05, 3.63) is 40.7 Å². The fourth-order valence-electron chi connectivity index (χ4n) is 1.55. The van der Waals surface area contributed by atoms with Gasteiger partial charge in [-0.3, -0.25) is 4.79 Å². The number of hydrogen-bond donors (Lipinski definition) is 2. The van der Waals surface area contributed by atoms with Gasteiger partial charge in [0.25, 0.3) is 0 Å². The van der Waals surface area contributed by atoms with E-state index in [-0.39, 0.29) is 17.4 Å². The fraction of sp³-hybridized carbons (Fsp3) is 0.357. The number of rotatable bonds is 4. The first-order valence-corrected chi connectivity index (χ1v) is 6.86. The summed E-state index contributed by atoms with van der Waals surface area (Å²) in [5, 5.41) is 13.9. The van der Waals surface area contributed by atoms with Crippen LogP contribution >= 0.6 is 11.6 Å². The lowest BCUT2D eigenvalue weighted by Gasteiger charge is -2.17. The SMILES string of the molecule is CC(C)(C)Nc1nnc(C(=O)NCc2ccc(Cl)cc2)o1. The second-order valence-electron chi connectivity index (χ2n) is 5.60. The molecule has 0 fully saturated rings. The van der Waals surface area contributed by atoms with Gasteiger partial charge in [-0.25, -0.2) is 0 Å². The number of aromatic nitrogens is 2. The van der Waals surface area contributed by atoms with E-state index in [2.05, 4.69) is 20.8 Å². The van der Waals surface area contributed by atoms with Crippen LogP contribution < -0.4 is 10.6 Å². The zero-order valence-corrected chi connectivity index (χ0v) is 12.9. The molecule has 0 atom stereocenters. The highest BCUT2D eigenvalue weighted by molar-refractivity contribution is 6.30. The Balaban J connectivity index is 1.93. The van der Waals surface area contributed by atoms with E-state index in [0.717, 1.165) is 5.56 Å². The summed E-state index contributed by atoms with van der Waals surface area (Å²) >= 11 is 5.80. The molecule has 1 amide bonds. The topological polar surface area (TPSA) is 80.0 Å². The van der Waals surface area contributed by atoms with Gasteiger partial charge in [0.1, 0.15) is 0 Å². The maximum absolute atomic E-state index is 11.9. The van der Waals surface area contributed by atoms with Gasteiger partial charge in [-0.1, -0.05) is 28.8 Å². The van der Waals surface area contributed by atoms with Crippen LogP contribution in [0, 0.1) is 0 Å². The number of anilines is 1.